The number of rotatable bonds is 8. The van der Waals surface area contributed by atoms with Gasteiger partial charge in [0.25, 0.3) is 0 Å². The molecule has 0 radical (unpaired) electrons. The SMILES string of the molecule is O=C(O)Cc1cccc(C(=O)c2ccccc2)c1NCC(O)CO. The van der Waals surface area contributed by atoms with Crippen LogP contribution in [0, 0.1) is 0 Å². The lowest BCUT2D eigenvalue weighted by molar-refractivity contribution is -0.136. The normalized spacial score (nSPS) is 11.8. The van der Waals surface area contributed by atoms with E-state index in [1.807, 2.05) is 0 Å². The zero-order chi connectivity index (χ0) is 17.5. The molecule has 4 N–H and O–H groups in total. The molecule has 2 aromatic rings. The van der Waals surface area contributed by atoms with Gasteiger partial charge in [0.15, 0.2) is 5.78 Å². The zero-order valence-corrected chi connectivity index (χ0v) is 13.0. The van der Waals surface area contributed by atoms with E-state index in [1.54, 1.807) is 48.5 Å². The van der Waals surface area contributed by atoms with Gasteiger partial charge in [0, 0.05) is 23.4 Å². The number of aliphatic hydroxyl groups is 2. The number of carboxylic acids is 1. The molecule has 126 valence electrons. The molecule has 2 aromatic carbocycles. The van der Waals surface area contributed by atoms with Crippen molar-refractivity contribution >= 4 is 17.4 Å². The molecule has 24 heavy (non-hydrogen) atoms. The highest BCUT2D eigenvalue weighted by Gasteiger charge is 2.18. The van der Waals surface area contributed by atoms with Crippen LogP contribution in [0.25, 0.3) is 0 Å². The van der Waals surface area contributed by atoms with Gasteiger partial charge in [0.05, 0.1) is 19.1 Å². The van der Waals surface area contributed by atoms with Gasteiger partial charge < -0.3 is 20.6 Å². The maximum atomic E-state index is 12.7. The summed E-state index contributed by atoms with van der Waals surface area (Å²) in [6.07, 6.45) is -1.27. The summed E-state index contributed by atoms with van der Waals surface area (Å²) in [6, 6.07) is 13.5. The molecule has 0 amide bonds. The number of hydrogen-bond donors (Lipinski definition) is 4. The first-order chi connectivity index (χ1) is 11.5. The van der Waals surface area contributed by atoms with Crippen molar-refractivity contribution in [2.45, 2.75) is 12.5 Å². The van der Waals surface area contributed by atoms with Crippen LogP contribution in [-0.2, 0) is 11.2 Å². The summed E-state index contributed by atoms with van der Waals surface area (Å²) in [7, 11) is 0. The molecule has 0 aliphatic rings. The van der Waals surface area contributed by atoms with Crippen LogP contribution >= 0.6 is 0 Å². The Hall–Kier alpha value is -2.70. The van der Waals surface area contributed by atoms with Gasteiger partial charge in [-0.15, -0.1) is 0 Å². The summed E-state index contributed by atoms with van der Waals surface area (Å²) < 4.78 is 0. The second-order valence-electron chi connectivity index (χ2n) is 5.32. The lowest BCUT2D eigenvalue weighted by atomic mass is 9.97. The summed E-state index contributed by atoms with van der Waals surface area (Å²) >= 11 is 0. The molecule has 0 bridgehead atoms. The molecule has 0 saturated carbocycles. The van der Waals surface area contributed by atoms with Crippen molar-refractivity contribution in [3.63, 3.8) is 0 Å². The quantitative estimate of drug-likeness (QED) is 0.544. The highest BCUT2D eigenvalue weighted by atomic mass is 16.4. The lowest BCUT2D eigenvalue weighted by Gasteiger charge is -2.17. The van der Waals surface area contributed by atoms with E-state index in [-0.39, 0.29) is 18.7 Å². The topological polar surface area (TPSA) is 107 Å². The number of para-hydroxylation sites is 1. The smallest absolute Gasteiger partial charge is 0.307 e. The van der Waals surface area contributed by atoms with Crippen molar-refractivity contribution in [1.29, 1.82) is 0 Å². The maximum absolute atomic E-state index is 12.7. The summed E-state index contributed by atoms with van der Waals surface area (Å²) in [4.78, 5) is 23.8. The third-order valence-corrected chi connectivity index (χ3v) is 3.50. The summed E-state index contributed by atoms with van der Waals surface area (Å²) in [6.45, 7) is -0.432. The predicted octanol–water partition coefficient (Wildman–Crippen LogP) is 1.31. The standard InChI is InChI=1S/C18H19NO5/c20-11-14(21)10-19-17-13(9-16(22)23)7-4-8-15(17)18(24)12-5-2-1-3-6-12/h1-8,14,19-21H,9-11H2,(H,22,23). The number of benzene rings is 2. The third-order valence-electron chi connectivity index (χ3n) is 3.50. The van der Waals surface area contributed by atoms with Crippen molar-refractivity contribution in [3.8, 4) is 0 Å². The van der Waals surface area contributed by atoms with Crippen LogP contribution in [0.5, 0.6) is 0 Å². The highest BCUT2D eigenvalue weighted by Crippen LogP contribution is 2.25. The number of carbonyl (C=O) groups excluding carboxylic acids is 1. The van der Waals surface area contributed by atoms with Crippen LogP contribution in [0.3, 0.4) is 0 Å². The number of nitrogens with one attached hydrogen (secondary N) is 1. The highest BCUT2D eigenvalue weighted by molar-refractivity contribution is 6.12. The van der Waals surface area contributed by atoms with E-state index in [0.717, 1.165) is 0 Å². The average Bonchev–Trinajstić information content (AvgIpc) is 2.59. The minimum absolute atomic E-state index is 0.00218. The van der Waals surface area contributed by atoms with E-state index in [4.69, 9.17) is 10.2 Å². The van der Waals surface area contributed by atoms with E-state index in [1.165, 1.54) is 0 Å². The molecule has 1 atom stereocenters. The fourth-order valence-corrected chi connectivity index (χ4v) is 2.34. The van der Waals surface area contributed by atoms with Gasteiger partial charge in [-0.1, -0.05) is 42.5 Å². The summed E-state index contributed by atoms with van der Waals surface area (Å²) in [5.41, 5.74) is 1.61. The van der Waals surface area contributed by atoms with E-state index < -0.39 is 18.7 Å². The first-order valence-electron chi connectivity index (χ1n) is 7.49. The predicted molar refractivity (Wildman–Crippen MR) is 89.2 cm³/mol. The van der Waals surface area contributed by atoms with E-state index in [0.29, 0.717) is 22.4 Å². The van der Waals surface area contributed by atoms with Crippen LogP contribution in [0.15, 0.2) is 48.5 Å². The number of ketones is 1. The van der Waals surface area contributed by atoms with Gasteiger partial charge in [-0.25, -0.2) is 0 Å². The molecular weight excluding hydrogens is 310 g/mol. The van der Waals surface area contributed by atoms with Gasteiger partial charge in [-0.2, -0.15) is 0 Å². The monoisotopic (exact) mass is 329 g/mol. The Morgan fingerprint density at radius 1 is 1.04 bits per heavy atom. The van der Waals surface area contributed by atoms with Crippen molar-refractivity contribution in [2.75, 3.05) is 18.5 Å². The van der Waals surface area contributed by atoms with Crippen molar-refractivity contribution in [2.24, 2.45) is 0 Å². The van der Waals surface area contributed by atoms with Crippen LogP contribution in [0.4, 0.5) is 5.69 Å². The lowest BCUT2D eigenvalue weighted by Crippen LogP contribution is -2.24. The largest absolute Gasteiger partial charge is 0.481 e. The molecule has 0 saturated heterocycles. The molecule has 6 nitrogen and oxygen atoms in total. The van der Waals surface area contributed by atoms with Gasteiger partial charge in [0.1, 0.15) is 0 Å². The van der Waals surface area contributed by atoms with Crippen LogP contribution in [0.2, 0.25) is 0 Å². The van der Waals surface area contributed by atoms with Crippen molar-refractivity contribution < 1.29 is 24.9 Å². The minimum atomic E-state index is -1.02. The van der Waals surface area contributed by atoms with E-state index in [2.05, 4.69) is 5.32 Å². The second-order valence-corrected chi connectivity index (χ2v) is 5.32. The molecule has 0 spiro atoms. The molecule has 0 aliphatic heterocycles. The fourth-order valence-electron chi connectivity index (χ4n) is 2.34. The molecule has 6 heteroatoms. The molecule has 0 aromatic heterocycles. The second kappa shape index (κ2) is 8.24. The first-order valence-corrected chi connectivity index (χ1v) is 7.49. The van der Waals surface area contributed by atoms with Crippen molar-refractivity contribution in [1.82, 2.24) is 0 Å². The maximum Gasteiger partial charge on any atom is 0.307 e. The Morgan fingerprint density at radius 3 is 2.38 bits per heavy atom. The minimum Gasteiger partial charge on any atom is -0.481 e. The molecule has 0 aliphatic carbocycles. The summed E-state index contributed by atoms with van der Waals surface area (Å²) in [5, 5.41) is 30.4. The third kappa shape index (κ3) is 4.41. The number of aliphatic hydroxyl groups excluding tert-OH is 2. The van der Waals surface area contributed by atoms with Gasteiger partial charge in [0.2, 0.25) is 0 Å². The summed E-state index contributed by atoms with van der Waals surface area (Å²) in [5.74, 6) is -1.27. The Balaban J connectivity index is 2.41. The number of hydrogen-bond acceptors (Lipinski definition) is 5. The Kier molecular flexibility index (Phi) is 6.06. The Labute approximate surface area is 139 Å². The van der Waals surface area contributed by atoms with Crippen LogP contribution in [-0.4, -0.2) is 46.3 Å². The average molecular weight is 329 g/mol. The Bertz CT molecular complexity index is 715. The van der Waals surface area contributed by atoms with E-state index >= 15 is 0 Å². The molecule has 2 rings (SSSR count). The van der Waals surface area contributed by atoms with Gasteiger partial charge in [-0.05, 0) is 11.6 Å². The Morgan fingerprint density at radius 2 is 1.75 bits per heavy atom. The number of anilines is 1. The molecular formula is C18H19NO5. The molecule has 0 fully saturated rings. The fraction of sp³-hybridized carbons (Fsp3) is 0.222. The molecule has 0 heterocycles. The number of carbonyl (C=O) groups is 2. The van der Waals surface area contributed by atoms with E-state index in [9.17, 15) is 14.7 Å². The number of carboxylic acid groups (broad SMARTS) is 1. The van der Waals surface area contributed by atoms with Crippen molar-refractivity contribution in [3.05, 3.63) is 65.2 Å². The van der Waals surface area contributed by atoms with Crippen LogP contribution in [0.1, 0.15) is 21.5 Å². The molecule has 1 unspecified atom stereocenters. The van der Waals surface area contributed by atoms with Crippen LogP contribution < -0.4 is 5.32 Å². The number of aliphatic carboxylic acids is 1. The zero-order valence-electron chi connectivity index (χ0n) is 13.0. The van der Waals surface area contributed by atoms with Gasteiger partial charge >= 0.3 is 5.97 Å². The van der Waals surface area contributed by atoms with Gasteiger partial charge in [-0.3, -0.25) is 9.59 Å². The first kappa shape index (κ1) is 17.7.